The molecule has 2 aromatic rings. The maximum Gasteiger partial charge on any atom is 0.311 e. The number of nitriles is 1. The molecule has 0 spiro atoms. The molecule has 0 aliphatic heterocycles. The monoisotopic (exact) mass is 545 g/mol. The molecule has 0 saturated carbocycles. The van der Waals surface area contributed by atoms with Crippen LogP contribution in [-0.4, -0.2) is 11.9 Å². The summed E-state index contributed by atoms with van der Waals surface area (Å²) in [6, 6.07) is 14.5. The van der Waals surface area contributed by atoms with Gasteiger partial charge < -0.3 is 9.47 Å². The van der Waals surface area contributed by atoms with Gasteiger partial charge >= 0.3 is 11.9 Å². The highest BCUT2D eigenvalue weighted by Crippen LogP contribution is 2.23. The maximum absolute atomic E-state index is 14.6. The Morgan fingerprint density at radius 2 is 1.48 bits per heavy atom. The highest BCUT2D eigenvalue weighted by atomic mass is 19.1. The minimum Gasteiger partial charge on any atom is -0.431 e. The summed E-state index contributed by atoms with van der Waals surface area (Å²) in [4.78, 5) is 24.3. The van der Waals surface area contributed by atoms with E-state index in [9.17, 15) is 18.4 Å². The predicted octanol–water partition coefficient (Wildman–Crippen LogP) is 8.51. The van der Waals surface area contributed by atoms with E-state index in [4.69, 9.17) is 14.7 Å². The number of nitrogens with zero attached hydrogens (tertiary/aromatic N) is 1. The standard InChI is InChI=1S/C33H33F2NO4/c1-5-30(21-31(35)25(4)28-17-19-29(34)20-18-28)40-33(38)10-8-6-7-9-32(37)39-24(3)12-11-23(2)27-15-13-26(22-36)14-16-27/h11-21H,2-3,5-10H2,1,4H3/b12-11-,30-21+,31-25-. The zero-order chi connectivity index (χ0) is 29.5. The molecule has 2 aromatic carbocycles. The quantitative estimate of drug-likeness (QED) is 0.103. The van der Waals surface area contributed by atoms with Gasteiger partial charge in [0.1, 0.15) is 23.2 Å². The molecule has 0 N–H and O–H groups in total. The van der Waals surface area contributed by atoms with E-state index in [1.165, 1.54) is 30.3 Å². The Bertz CT molecular complexity index is 1340. The van der Waals surface area contributed by atoms with E-state index in [1.54, 1.807) is 50.3 Å². The van der Waals surface area contributed by atoms with Crippen molar-refractivity contribution >= 4 is 23.1 Å². The third-order valence-electron chi connectivity index (χ3n) is 5.88. The molecular formula is C33H33F2NO4. The van der Waals surface area contributed by atoms with Crippen LogP contribution in [0.2, 0.25) is 0 Å². The number of rotatable bonds is 14. The van der Waals surface area contributed by atoms with Crippen LogP contribution in [0.5, 0.6) is 0 Å². The molecule has 0 aliphatic rings. The molecular weight excluding hydrogens is 512 g/mol. The second-order valence-corrected chi connectivity index (χ2v) is 8.97. The molecule has 0 aliphatic carbocycles. The number of carbonyl (C=O) groups excluding carboxylic acids is 2. The highest BCUT2D eigenvalue weighted by molar-refractivity contribution is 5.74. The van der Waals surface area contributed by atoms with Crippen molar-refractivity contribution in [3.63, 3.8) is 0 Å². The average Bonchev–Trinajstić information content (AvgIpc) is 2.95. The van der Waals surface area contributed by atoms with Gasteiger partial charge in [0.2, 0.25) is 0 Å². The fourth-order valence-corrected chi connectivity index (χ4v) is 3.48. The fourth-order valence-electron chi connectivity index (χ4n) is 3.48. The van der Waals surface area contributed by atoms with E-state index in [2.05, 4.69) is 19.2 Å². The zero-order valence-electron chi connectivity index (χ0n) is 22.8. The first-order valence-electron chi connectivity index (χ1n) is 12.9. The molecule has 0 amide bonds. The van der Waals surface area contributed by atoms with Crippen molar-refractivity contribution in [2.45, 2.75) is 52.4 Å². The van der Waals surface area contributed by atoms with Crippen molar-refractivity contribution in [1.82, 2.24) is 0 Å². The van der Waals surface area contributed by atoms with Crippen molar-refractivity contribution in [3.8, 4) is 6.07 Å². The number of hydrogen-bond donors (Lipinski definition) is 0. The number of esters is 2. The van der Waals surface area contributed by atoms with Gasteiger partial charge in [0, 0.05) is 25.3 Å². The van der Waals surface area contributed by atoms with E-state index in [0.717, 1.165) is 5.56 Å². The summed E-state index contributed by atoms with van der Waals surface area (Å²) in [6.45, 7) is 11.0. The van der Waals surface area contributed by atoms with Crippen LogP contribution < -0.4 is 0 Å². The van der Waals surface area contributed by atoms with Gasteiger partial charge in [0.05, 0.1) is 11.6 Å². The zero-order valence-corrected chi connectivity index (χ0v) is 22.8. The molecule has 0 radical (unpaired) electrons. The molecule has 0 aromatic heterocycles. The number of halogens is 2. The summed E-state index contributed by atoms with van der Waals surface area (Å²) in [6.07, 6.45) is 6.63. The number of ether oxygens (including phenoxy) is 2. The molecule has 0 fully saturated rings. The normalized spacial score (nSPS) is 11.9. The van der Waals surface area contributed by atoms with E-state index in [0.29, 0.717) is 48.0 Å². The molecule has 208 valence electrons. The summed E-state index contributed by atoms with van der Waals surface area (Å²) < 4.78 is 38.2. The lowest BCUT2D eigenvalue weighted by Gasteiger charge is -2.08. The van der Waals surface area contributed by atoms with Crippen molar-refractivity contribution in [3.05, 3.63) is 120 Å². The lowest BCUT2D eigenvalue weighted by Crippen LogP contribution is -2.05. The average molecular weight is 546 g/mol. The van der Waals surface area contributed by atoms with Crippen molar-refractivity contribution in [1.29, 1.82) is 5.26 Å². The first-order valence-corrected chi connectivity index (χ1v) is 12.9. The molecule has 0 heterocycles. The molecule has 7 heteroatoms. The first-order chi connectivity index (χ1) is 19.1. The van der Waals surface area contributed by atoms with E-state index >= 15 is 0 Å². The van der Waals surface area contributed by atoms with Crippen LogP contribution in [0.15, 0.2) is 97.3 Å². The maximum atomic E-state index is 14.6. The molecule has 0 bridgehead atoms. The van der Waals surface area contributed by atoms with Gasteiger partial charge in [-0.15, -0.1) is 0 Å². The van der Waals surface area contributed by atoms with Crippen LogP contribution in [0.3, 0.4) is 0 Å². The van der Waals surface area contributed by atoms with Gasteiger partial charge in [-0.1, -0.05) is 56.8 Å². The summed E-state index contributed by atoms with van der Waals surface area (Å²) >= 11 is 0. The minimum atomic E-state index is -0.565. The Kier molecular flexibility index (Phi) is 13.0. The molecule has 5 nitrogen and oxygen atoms in total. The van der Waals surface area contributed by atoms with Crippen molar-refractivity contribution < 1.29 is 27.8 Å². The second-order valence-electron chi connectivity index (χ2n) is 8.97. The number of allylic oxidation sites excluding steroid dienone is 7. The predicted molar refractivity (Wildman–Crippen MR) is 152 cm³/mol. The molecule has 2 rings (SSSR count). The van der Waals surface area contributed by atoms with E-state index in [1.807, 2.05) is 0 Å². The van der Waals surface area contributed by atoms with Crippen LogP contribution in [0.4, 0.5) is 8.78 Å². The Morgan fingerprint density at radius 1 is 0.900 bits per heavy atom. The summed E-state index contributed by atoms with van der Waals surface area (Å²) in [5.41, 5.74) is 2.90. The molecule has 40 heavy (non-hydrogen) atoms. The van der Waals surface area contributed by atoms with E-state index in [-0.39, 0.29) is 24.4 Å². The first kappa shape index (κ1) is 31.6. The van der Waals surface area contributed by atoms with Gasteiger partial charge in [-0.05, 0) is 72.4 Å². The minimum absolute atomic E-state index is 0.127. The Hall–Kier alpha value is -4.57. The van der Waals surface area contributed by atoms with Gasteiger partial charge in [-0.25, -0.2) is 8.78 Å². The largest absolute Gasteiger partial charge is 0.431 e. The lowest BCUT2D eigenvalue weighted by molar-refractivity contribution is -0.140. The number of unbranched alkanes of at least 4 members (excludes halogenated alkanes) is 2. The van der Waals surface area contributed by atoms with Gasteiger partial charge in [0.15, 0.2) is 0 Å². The summed E-state index contributed by atoms with van der Waals surface area (Å²) in [5, 5.41) is 8.87. The van der Waals surface area contributed by atoms with Gasteiger partial charge in [-0.3, -0.25) is 9.59 Å². The fraction of sp³-hybridized carbons (Fsp3) is 0.242. The SMILES string of the molecule is C=C(/C=C\C(=C)c1ccc(C#N)cc1)OC(=O)CCCCCC(=O)O/C(=C/C(F)=C(\C)c1ccc(F)cc1)CC. The smallest absolute Gasteiger partial charge is 0.311 e. The molecule has 0 saturated heterocycles. The number of hydrogen-bond acceptors (Lipinski definition) is 5. The highest BCUT2D eigenvalue weighted by Gasteiger charge is 2.10. The third-order valence-corrected chi connectivity index (χ3v) is 5.88. The Morgan fingerprint density at radius 3 is 2.05 bits per heavy atom. The van der Waals surface area contributed by atoms with Gasteiger partial charge in [0.25, 0.3) is 0 Å². The van der Waals surface area contributed by atoms with Crippen molar-refractivity contribution in [2.75, 3.05) is 0 Å². The Labute approximate surface area is 234 Å². The van der Waals surface area contributed by atoms with Crippen LogP contribution >= 0.6 is 0 Å². The molecule has 0 atom stereocenters. The second kappa shape index (κ2) is 16.4. The summed E-state index contributed by atoms with van der Waals surface area (Å²) in [5.74, 6) is -1.52. The van der Waals surface area contributed by atoms with Crippen LogP contribution in [0.1, 0.15) is 69.1 Å². The Balaban J connectivity index is 1.70. The van der Waals surface area contributed by atoms with Crippen LogP contribution in [-0.2, 0) is 19.1 Å². The van der Waals surface area contributed by atoms with Crippen LogP contribution in [0, 0.1) is 17.1 Å². The number of carbonyl (C=O) groups is 2. The number of benzene rings is 2. The molecule has 0 unspecified atom stereocenters. The topological polar surface area (TPSA) is 76.4 Å². The lowest BCUT2D eigenvalue weighted by atomic mass is 10.1. The van der Waals surface area contributed by atoms with Crippen LogP contribution in [0.25, 0.3) is 11.1 Å². The third kappa shape index (κ3) is 11.0. The van der Waals surface area contributed by atoms with Crippen molar-refractivity contribution in [2.24, 2.45) is 0 Å². The summed E-state index contributed by atoms with van der Waals surface area (Å²) in [7, 11) is 0. The van der Waals surface area contributed by atoms with E-state index < -0.39 is 23.6 Å². The van der Waals surface area contributed by atoms with Gasteiger partial charge in [-0.2, -0.15) is 5.26 Å².